The van der Waals surface area contributed by atoms with Crippen molar-refractivity contribution in [2.75, 3.05) is 26.2 Å². The fourth-order valence-corrected chi connectivity index (χ4v) is 5.71. The van der Waals surface area contributed by atoms with Gasteiger partial charge in [0.05, 0.1) is 17.3 Å². The van der Waals surface area contributed by atoms with Crippen molar-refractivity contribution in [2.45, 2.75) is 43.2 Å². The predicted octanol–water partition coefficient (Wildman–Crippen LogP) is 1.85. The lowest BCUT2D eigenvalue weighted by atomic mass is 10.1. The van der Waals surface area contributed by atoms with Crippen LogP contribution in [0.4, 0.5) is 4.79 Å². The lowest BCUT2D eigenvalue weighted by Crippen LogP contribution is -2.47. The summed E-state index contributed by atoms with van der Waals surface area (Å²) in [5.74, 6) is 0. The average molecular weight is 391 g/mol. The van der Waals surface area contributed by atoms with Crippen LogP contribution in [0.25, 0.3) is 0 Å². The van der Waals surface area contributed by atoms with Gasteiger partial charge in [0.1, 0.15) is 6.61 Å². The van der Waals surface area contributed by atoms with Gasteiger partial charge >= 0.3 is 6.09 Å². The minimum absolute atomic E-state index is 0.0214. The molecule has 0 N–H and O–H groups in total. The van der Waals surface area contributed by atoms with Gasteiger partial charge < -0.3 is 9.64 Å². The number of carbonyl (C=O) groups is 1. The van der Waals surface area contributed by atoms with Crippen molar-refractivity contribution in [1.82, 2.24) is 19.0 Å². The van der Waals surface area contributed by atoms with Gasteiger partial charge in [-0.25, -0.2) is 13.2 Å². The number of hydrogen-bond donors (Lipinski definition) is 0. The zero-order valence-electron chi connectivity index (χ0n) is 14.2. The van der Waals surface area contributed by atoms with Crippen LogP contribution >= 0.6 is 11.6 Å². The van der Waals surface area contributed by atoms with Gasteiger partial charge in [0, 0.05) is 26.7 Å². The maximum absolute atomic E-state index is 13.0. The number of nitrogens with zero attached hydrogens (tertiary/aromatic N) is 4. The summed E-state index contributed by atoms with van der Waals surface area (Å²) in [7, 11) is -2.25. The topological polar surface area (TPSA) is 84.7 Å². The van der Waals surface area contributed by atoms with Crippen LogP contribution in [-0.2, 0) is 21.8 Å². The highest BCUT2D eigenvalue weighted by molar-refractivity contribution is 7.89. The number of carbonyl (C=O) groups excluding carboxylic acids is 1. The number of halogens is 1. The summed E-state index contributed by atoms with van der Waals surface area (Å²) in [6, 6.07) is -0.378. The summed E-state index contributed by atoms with van der Waals surface area (Å²) in [6.07, 6.45) is 5.25. The smallest absolute Gasteiger partial charge is 0.409 e. The molecule has 8 nitrogen and oxygen atoms in total. The second kappa shape index (κ2) is 7.51. The molecule has 2 saturated heterocycles. The van der Waals surface area contributed by atoms with Gasteiger partial charge in [-0.05, 0) is 25.7 Å². The Morgan fingerprint density at radius 2 is 1.96 bits per heavy atom. The molecule has 1 aromatic heterocycles. The van der Waals surface area contributed by atoms with Crippen LogP contribution in [0, 0.1) is 0 Å². The van der Waals surface area contributed by atoms with Gasteiger partial charge in [-0.1, -0.05) is 18.0 Å². The van der Waals surface area contributed by atoms with E-state index < -0.39 is 10.0 Å². The van der Waals surface area contributed by atoms with E-state index in [1.54, 1.807) is 11.9 Å². The third-order valence-electron chi connectivity index (χ3n) is 4.73. The van der Waals surface area contributed by atoms with E-state index in [-0.39, 0.29) is 28.8 Å². The van der Waals surface area contributed by atoms with Gasteiger partial charge in [0.15, 0.2) is 5.03 Å². The van der Waals surface area contributed by atoms with Crippen LogP contribution in [0.5, 0.6) is 0 Å². The number of likely N-dealkylation sites (tertiary alicyclic amines) is 1. The van der Waals surface area contributed by atoms with Crippen molar-refractivity contribution in [2.24, 2.45) is 7.05 Å². The maximum Gasteiger partial charge on any atom is 0.409 e. The number of rotatable bonds is 4. The van der Waals surface area contributed by atoms with E-state index in [4.69, 9.17) is 16.3 Å². The first kappa shape index (κ1) is 18.5. The first-order valence-corrected chi connectivity index (χ1v) is 10.3. The first-order chi connectivity index (χ1) is 11.9. The normalized spacial score (nSPS) is 22.3. The average Bonchev–Trinajstić information content (AvgIpc) is 3.23. The van der Waals surface area contributed by atoms with E-state index in [1.807, 2.05) is 0 Å². The van der Waals surface area contributed by atoms with E-state index in [2.05, 4.69) is 5.10 Å². The summed E-state index contributed by atoms with van der Waals surface area (Å²) in [5, 5.41) is 3.99. The van der Waals surface area contributed by atoms with Gasteiger partial charge in [-0.2, -0.15) is 9.40 Å². The lowest BCUT2D eigenvalue weighted by molar-refractivity contribution is 0.0797. The minimum atomic E-state index is -3.80. The first-order valence-electron chi connectivity index (χ1n) is 8.52. The van der Waals surface area contributed by atoms with Crippen LogP contribution in [0.15, 0.2) is 11.2 Å². The molecule has 140 valence electrons. The Morgan fingerprint density at radius 1 is 1.28 bits per heavy atom. The monoisotopic (exact) mass is 390 g/mol. The summed E-state index contributed by atoms with van der Waals surface area (Å²) in [5.41, 5.74) is 0. The van der Waals surface area contributed by atoms with Crippen LogP contribution in [-0.4, -0.2) is 65.8 Å². The molecule has 0 radical (unpaired) electrons. The molecule has 3 rings (SSSR count). The third-order valence-corrected chi connectivity index (χ3v) is 7.19. The molecule has 10 heteroatoms. The Morgan fingerprint density at radius 3 is 2.60 bits per heavy atom. The fourth-order valence-electron chi connectivity index (χ4n) is 3.42. The van der Waals surface area contributed by atoms with Gasteiger partial charge in [-0.3, -0.25) is 4.68 Å². The molecule has 1 unspecified atom stereocenters. The molecule has 2 fully saturated rings. The maximum atomic E-state index is 13.0. The van der Waals surface area contributed by atoms with E-state index in [9.17, 15) is 13.2 Å². The SMILES string of the molecule is Cn1ncc(Cl)c1S(=O)(=O)N1CCCCC1COC(=O)N1CCCC1. The number of aromatic nitrogens is 2. The number of aryl methyl sites for hydroxylation is 1. The molecule has 2 aliphatic rings. The molecule has 1 atom stereocenters. The van der Waals surface area contributed by atoms with Gasteiger partial charge in [0.25, 0.3) is 10.0 Å². The third kappa shape index (κ3) is 3.78. The molecule has 0 spiro atoms. The predicted molar refractivity (Wildman–Crippen MR) is 91.9 cm³/mol. The molecule has 1 aromatic rings. The number of ether oxygens (including phenoxy) is 1. The highest BCUT2D eigenvalue weighted by atomic mass is 35.5. The van der Waals surface area contributed by atoms with E-state index in [0.717, 1.165) is 25.7 Å². The quantitative estimate of drug-likeness (QED) is 0.783. The van der Waals surface area contributed by atoms with E-state index in [0.29, 0.717) is 26.1 Å². The molecular weight excluding hydrogens is 368 g/mol. The van der Waals surface area contributed by atoms with Crippen molar-refractivity contribution in [1.29, 1.82) is 0 Å². The Hall–Kier alpha value is -1.32. The van der Waals surface area contributed by atoms with Crippen molar-refractivity contribution < 1.29 is 17.9 Å². The van der Waals surface area contributed by atoms with Gasteiger partial charge in [-0.15, -0.1) is 0 Å². The highest BCUT2D eigenvalue weighted by Gasteiger charge is 2.37. The zero-order chi connectivity index (χ0) is 18.0. The molecule has 0 aliphatic carbocycles. The zero-order valence-corrected chi connectivity index (χ0v) is 15.8. The van der Waals surface area contributed by atoms with Gasteiger partial charge in [0.2, 0.25) is 0 Å². The second-order valence-corrected chi connectivity index (χ2v) is 8.67. The minimum Gasteiger partial charge on any atom is -0.448 e. The van der Waals surface area contributed by atoms with E-state index in [1.165, 1.54) is 15.2 Å². The van der Waals surface area contributed by atoms with Crippen molar-refractivity contribution in [3.63, 3.8) is 0 Å². The molecule has 0 bridgehead atoms. The number of amides is 1. The fraction of sp³-hybridized carbons (Fsp3) is 0.733. The highest BCUT2D eigenvalue weighted by Crippen LogP contribution is 2.29. The largest absolute Gasteiger partial charge is 0.448 e. The standard InChI is InChI=1S/C15H23ClN4O4S/c1-18-14(13(16)10-17-18)25(22,23)20-9-3-2-6-12(20)11-24-15(21)19-7-4-5-8-19/h10,12H,2-9,11H2,1H3. The molecule has 1 amide bonds. The summed E-state index contributed by atoms with van der Waals surface area (Å²) >= 11 is 6.03. The van der Waals surface area contributed by atoms with Crippen LogP contribution in [0.3, 0.4) is 0 Å². The molecule has 0 saturated carbocycles. The Kier molecular flexibility index (Phi) is 5.55. The second-order valence-electron chi connectivity index (χ2n) is 6.46. The summed E-state index contributed by atoms with van der Waals surface area (Å²) < 4.78 is 34.1. The molecular formula is C15H23ClN4O4S. The van der Waals surface area contributed by atoms with Crippen molar-refractivity contribution >= 4 is 27.7 Å². The Bertz CT molecular complexity index is 710. The Labute approximate surface area is 152 Å². The van der Waals surface area contributed by atoms with Crippen molar-refractivity contribution in [3.05, 3.63) is 11.2 Å². The number of piperidine rings is 1. The van der Waals surface area contributed by atoms with Crippen LogP contribution in [0.1, 0.15) is 32.1 Å². The molecule has 0 aromatic carbocycles. The lowest BCUT2D eigenvalue weighted by Gasteiger charge is -2.34. The number of hydrogen-bond acceptors (Lipinski definition) is 5. The summed E-state index contributed by atoms with van der Waals surface area (Å²) in [6.45, 7) is 1.85. The van der Waals surface area contributed by atoms with Crippen molar-refractivity contribution in [3.8, 4) is 0 Å². The van der Waals surface area contributed by atoms with Crippen LogP contribution in [0.2, 0.25) is 5.02 Å². The van der Waals surface area contributed by atoms with E-state index >= 15 is 0 Å². The molecule has 2 aliphatic heterocycles. The molecule has 25 heavy (non-hydrogen) atoms. The number of sulfonamides is 1. The van der Waals surface area contributed by atoms with Crippen LogP contribution < -0.4 is 0 Å². The Balaban J connectivity index is 1.73. The molecule has 3 heterocycles. The summed E-state index contributed by atoms with van der Waals surface area (Å²) in [4.78, 5) is 13.7.